The molecule has 1 fully saturated rings. The fourth-order valence-corrected chi connectivity index (χ4v) is 3.77. The molecule has 10 heteroatoms. The van der Waals surface area contributed by atoms with E-state index in [0.717, 1.165) is 12.1 Å². The van der Waals surface area contributed by atoms with E-state index in [4.69, 9.17) is 0 Å². The highest BCUT2D eigenvalue weighted by Crippen LogP contribution is 2.39. The number of halogens is 7. The smallest absolute Gasteiger partial charge is 0.406 e. The van der Waals surface area contributed by atoms with Crippen LogP contribution in [0.1, 0.15) is 22.7 Å². The van der Waals surface area contributed by atoms with Gasteiger partial charge in [0.1, 0.15) is 5.75 Å². The van der Waals surface area contributed by atoms with Gasteiger partial charge >= 0.3 is 12.5 Å². The zero-order valence-corrected chi connectivity index (χ0v) is 16.5. The van der Waals surface area contributed by atoms with E-state index in [9.17, 15) is 26.3 Å². The summed E-state index contributed by atoms with van der Waals surface area (Å²) in [6.45, 7) is 2.47. The molecule has 2 aromatic rings. The molecule has 1 atom stereocenters. The normalized spacial score (nSPS) is 17.2. The molecule has 158 valence electrons. The number of benzene rings is 2. The summed E-state index contributed by atoms with van der Waals surface area (Å²) >= 11 is 3.33. The summed E-state index contributed by atoms with van der Waals surface area (Å²) in [6.07, 6.45) is -9.32. The Balaban J connectivity index is 2.02. The van der Waals surface area contributed by atoms with Gasteiger partial charge in [-0.05, 0) is 41.5 Å². The monoisotopic (exact) mass is 482 g/mol. The Morgan fingerprint density at radius 2 is 1.55 bits per heavy atom. The molecule has 1 aliphatic heterocycles. The molecule has 1 aliphatic rings. The maximum atomic E-state index is 13.3. The molecule has 1 heterocycles. The van der Waals surface area contributed by atoms with Gasteiger partial charge in [0, 0.05) is 30.7 Å². The van der Waals surface area contributed by atoms with Crippen LogP contribution >= 0.6 is 15.9 Å². The first kappa shape index (κ1) is 21.9. The molecule has 3 nitrogen and oxygen atoms in total. The third-order valence-electron chi connectivity index (χ3n) is 4.56. The Morgan fingerprint density at radius 3 is 2.10 bits per heavy atom. The number of hydrogen-bond acceptors (Lipinski definition) is 3. The minimum absolute atomic E-state index is 0.386. The van der Waals surface area contributed by atoms with Crippen LogP contribution < -0.4 is 10.1 Å². The molecule has 0 unspecified atom stereocenters. The highest BCUT2D eigenvalue weighted by molar-refractivity contribution is 9.10. The van der Waals surface area contributed by atoms with Gasteiger partial charge in [-0.3, -0.25) is 4.90 Å². The highest BCUT2D eigenvalue weighted by Gasteiger charge is 2.34. The lowest BCUT2D eigenvalue weighted by Gasteiger charge is -2.36. The average Bonchev–Trinajstić information content (AvgIpc) is 2.63. The van der Waals surface area contributed by atoms with Gasteiger partial charge in [0.25, 0.3) is 0 Å². The van der Waals surface area contributed by atoms with E-state index < -0.39 is 24.1 Å². The van der Waals surface area contributed by atoms with Crippen LogP contribution in [0.2, 0.25) is 0 Å². The average molecular weight is 483 g/mol. The van der Waals surface area contributed by atoms with Crippen LogP contribution in [0.5, 0.6) is 5.75 Å². The molecule has 1 N–H and O–H groups in total. The maximum Gasteiger partial charge on any atom is 0.573 e. The van der Waals surface area contributed by atoms with E-state index in [2.05, 4.69) is 26.0 Å². The van der Waals surface area contributed by atoms with Gasteiger partial charge in [-0.15, -0.1) is 13.2 Å². The van der Waals surface area contributed by atoms with Gasteiger partial charge in [-0.2, -0.15) is 13.2 Å². The molecule has 0 radical (unpaired) electrons. The van der Waals surface area contributed by atoms with E-state index in [1.807, 2.05) is 4.90 Å². The summed E-state index contributed by atoms with van der Waals surface area (Å²) in [5.74, 6) is -0.386. The van der Waals surface area contributed by atoms with Crippen LogP contribution in [0.25, 0.3) is 0 Å². The van der Waals surface area contributed by atoms with Crippen molar-refractivity contribution in [2.45, 2.75) is 18.6 Å². The summed E-state index contributed by atoms with van der Waals surface area (Å²) in [5.41, 5.74) is 0.181. The largest absolute Gasteiger partial charge is 0.573 e. The molecule has 0 bridgehead atoms. The second-order valence-electron chi connectivity index (χ2n) is 6.54. The molecule has 1 saturated heterocycles. The topological polar surface area (TPSA) is 24.5 Å². The van der Waals surface area contributed by atoms with E-state index in [-0.39, 0.29) is 5.75 Å². The van der Waals surface area contributed by atoms with E-state index in [1.54, 1.807) is 0 Å². The molecule has 0 saturated carbocycles. The second-order valence-corrected chi connectivity index (χ2v) is 7.39. The summed E-state index contributed by atoms with van der Waals surface area (Å²) in [7, 11) is 0. The lowest BCUT2D eigenvalue weighted by molar-refractivity contribution is -0.274. The van der Waals surface area contributed by atoms with Gasteiger partial charge in [0.15, 0.2) is 0 Å². The zero-order chi connectivity index (χ0) is 21.2. The van der Waals surface area contributed by atoms with Crippen molar-refractivity contribution in [1.29, 1.82) is 0 Å². The molecule has 0 amide bonds. The van der Waals surface area contributed by atoms with Crippen LogP contribution in [0.15, 0.2) is 46.9 Å². The molecule has 2 aromatic carbocycles. The third kappa shape index (κ3) is 5.64. The fourth-order valence-electron chi connectivity index (χ4n) is 3.31. The molecular formula is C19H17BrF6N2O. The van der Waals surface area contributed by atoms with Gasteiger partial charge in [-0.25, -0.2) is 0 Å². The minimum Gasteiger partial charge on any atom is -0.406 e. The quantitative estimate of drug-likeness (QED) is 0.593. The summed E-state index contributed by atoms with van der Waals surface area (Å²) < 4.78 is 81.4. The summed E-state index contributed by atoms with van der Waals surface area (Å²) in [4.78, 5) is 2.00. The number of alkyl halides is 6. The third-order valence-corrected chi connectivity index (χ3v) is 5.29. The van der Waals surface area contributed by atoms with Crippen molar-refractivity contribution in [2.24, 2.45) is 0 Å². The lowest BCUT2D eigenvalue weighted by Crippen LogP contribution is -2.45. The standard InChI is InChI=1S/C19H17BrF6N2O/c20-16-6-3-13(18(21,22)23)11-15(16)17(28-9-7-27-8-10-28)12-1-4-14(5-2-12)29-19(24,25)26/h1-6,11,17,27H,7-10H2/t17-/m0/s1. The van der Waals surface area contributed by atoms with Crippen molar-refractivity contribution >= 4 is 15.9 Å². The zero-order valence-electron chi connectivity index (χ0n) is 14.9. The Bertz CT molecular complexity index is 832. The number of nitrogens with one attached hydrogen (secondary N) is 1. The SMILES string of the molecule is FC(F)(F)Oc1ccc([C@@H](c2cc(C(F)(F)F)ccc2Br)N2CCNCC2)cc1. The Hall–Kier alpha value is -1.78. The predicted molar refractivity (Wildman–Crippen MR) is 98.6 cm³/mol. The van der Waals surface area contributed by atoms with Crippen molar-refractivity contribution in [3.05, 3.63) is 63.6 Å². The molecule has 0 aliphatic carbocycles. The van der Waals surface area contributed by atoms with Gasteiger partial charge < -0.3 is 10.1 Å². The van der Waals surface area contributed by atoms with Gasteiger partial charge in [0.05, 0.1) is 11.6 Å². The fraction of sp³-hybridized carbons (Fsp3) is 0.368. The van der Waals surface area contributed by atoms with E-state index >= 15 is 0 Å². The van der Waals surface area contributed by atoms with Crippen molar-refractivity contribution in [3.63, 3.8) is 0 Å². The van der Waals surface area contributed by atoms with Crippen molar-refractivity contribution in [1.82, 2.24) is 10.2 Å². The van der Waals surface area contributed by atoms with Crippen LogP contribution in [0.3, 0.4) is 0 Å². The summed E-state index contributed by atoms with van der Waals surface area (Å²) in [6, 6.07) is 8.07. The Kier molecular flexibility index (Phi) is 6.45. The van der Waals surface area contributed by atoms with Crippen LogP contribution in [-0.2, 0) is 6.18 Å². The van der Waals surface area contributed by atoms with Gasteiger partial charge in [-0.1, -0.05) is 28.1 Å². The van der Waals surface area contributed by atoms with Crippen LogP contribution in [-0.4, -0.2) is 37.4 Å². The number of hydrogen-bond donors (Lipinski definition) is 1. The molecule has 29 heavy (non-hydrogen) atoms. The van der Waals surface area contributed by atoms with Crippen molar-refractivity contribution < 1.29 is 31.1 Å². The summed E-state index contributed by atoms with van der Waals surface area (Å²) in [5, 5.41) is 3.18. The molecule has 0 aromatic heterocycles. The highest BCUT2D eigenvalue weighted by atomic mass is 79.9. The van der Waals surface area contributed by atoms with E-state index in [1.165, 1.54) is 30.3 Å². The number of ether oxygens (including phenoxy) is 1. The van der Waals surface area contributed by atoms with Gasteiger partial charge in [0.2, 0.25) is 0 Å². The predicted octanol–water partition coefficient (Wildman–Crippen LogP) is 5.36. The van der Waals surface area contributed by atoms with Crippen LogP contribution in [0, 0.1) is 0 Å². The first-order valence-corrected chi connectivity index (χ1v) is 9.51. The molecule has 3 rings (SSSR count). The Labute approximate surface area is 171 Å². The van der Waals surface area contributed by atoms with Crippen molar-refractivity contribution in [2.75, 3.05) is 26.2 Å². The molecular weight excluding hydrogens is 466 g/mol. The lowest BCUT2D eigenvalue weighted by atomic mass is 9.94. The second kappa shape index (κ2) is 8.53. The number of piperazine rings is 1. The van der Waals surface area contributed by atoms with E-state index in [0.29, 0.717) is 41.8 Å². The number of nitrogens with zero attached hydrogens (tertiary/aromatic N) is 1. The first-order chi connectivity index (χ1) is 13.5. The Morgan fingerprint density at radius 1 is 0.931 bits per heavy atom. The van der Waals surface area contributed by atoms with Crippen molar-refractivity contribution in [3.8, 4) is 5.75 Å². The molecule has 0 spiro atoms. The minimum atomic E-state index is -4.82. The van der Waals surface area contributed by atoms with Crippen LogP contribution in [0.4, 0.5) is 26.3 Å². The maximum absolute atomic E-state index is 13.3. The number of rotatable bonds is 4. The first-order valence-electron chi connectivity index (χ1n) is 8.72.